The van der Waals surface area contributed by atoms with Gasteiger partial charge in [-0.2, -0.15) is 0 Å². The van der Waals surface area contributed by atoms with Gasteiger partial charge in [0.15, 0.2) is 0 Å². The maximum atomic E-state index is 13.9. The molecule has 0 saturated carbocycles. The number of aromatic amines is 1. The minimum Gasteiger partial charge on any atom is -0.508 e. The average Bonchev–Trinajstić information content (AvgIpc) is 3.93. The zero-order valence-electron chi connectivity index (χ0n) is 37.6. The number of phenols is 1. The summed E-state index contributed by atoms with van der Waals surface area (Å²) < 4.78 is 0. The van der Waals surface area contributed by atoms with Crippen LogP contribution in [0.15, 0.2) is 54.7 Å². The molecule has 24 heteroatoms. The SMILES string of the molecule is CC[C@H](C)[C@H](NC(=O)[C@@H]1CCC(=O)N1)C(=O)N[C@@H](CC(N)=O)C(=O)N[C@@H](Cc1ccc(O)cc1)C(=O)N[C@@H](CO)C(=O)N[C@H](C(=O)NCC(=O)N[C@@H](Cc1c[nH]c2ccccc12)C(N)=O)[C@@H](C)O. The molecular formula is C44H59N11O13. The molecule has 24 nitrogen and oxygen atoms in total. The fraction of sp³-hybridized carbons (Fsp3) is 0.455. The molecule has 0 aliphatic carbocycles. The van der Waals surface area contributed by atoms with Crippen molar-refractivity contribution in [2.45, 2.75) is 108 Å². The second-order valence-electron chi connectivity index (χ2n) is 16.5. The molecule has 1 saturated heterocycles. The van der Waals surface area contributed by atoms with Gasteiger partial charge in [-0.3, -0.25) is 47.9 Å². The number of primary amides is 2. The minimum atomic E-state index is -1.83. The van der Waals surface area contributed by atoms with Crippen LogP contribution in [0.3, 0.4) is 0 Å². The first-order valence-electron chi connectivity index (χ1n) is 21.8. The van der Waals surface area contributed by atoms with Crippen LogP contribution in [0.1, 0.15) is 57.6 Å². The van der Waals surface area contributed by atoms with Gasteiger partial charge in [-0.15, -0.1) is 0 Å². The van der Waals surface area contributed by atoms with Crippen molar-refractivity contribution in [2.24, 2.45) is 17.4 Å². The van der Waals surface area contributed by atoms with E-state index in [9.17, 15) is 63.3 Å². The zero-order valence-corrected chi connectivity index (χ0v) is 37.6. The molecular weight excluding hydrogens is 891 g/mol. The number of aliphatic hydroxyl groups is 2. The number of rotatable bonds is 25. The van der Waals surface area contributed by atoms with Gasteiger partial charge in [0.1, 0.15) is 48.0 Å². The standard InChI is InChI=1S/C44H59N11O13/c1-4-21(2)36(54-39(63)28-13-14-34(60)49-28)44(68)52-31(17-33(45)59)41(65)51-30(15-23-9-11-25(58)12-10-23)40(64)53-32(20-56)42(66)55-37(22(3)57)43(67)48-19-35(61)50-29(38(46)62)16-24-18-47-27-8-6-5-7-26(24)27/h5-12,18,21-22,28-32,36-37,47,56-58H,4,13-17,19-20H2,1-3H3,(H2,45,59)(H2,46,62)(H,48,67)(H,49,60)(H,50,61)(H,51,65)(H,52,68)(H,53,64)(H,54,63)(H,55,66)/t21-,22+,28-,29-,30-,31-,32-,36-,37-/m0/s1. The third kappa shape index (κ3) is 15.2. The lowest BCUT2D eigenvalue weighted by Gasteiger charge is -2.28. The highest BCUT2D eigenvalue weighted by molar-refractivity contribution is 5.99. The van der Waals surface area contributed by atoms with Crippen molar-refractivity contribution in [1.29, 1.82) is 0 Å². The monoisotopic (exact) mass is 949 g/mol. The van der Waals surface area contributed by atoms with Crippen LogP contribution in [0.2, 0.25) is 0 Å². The summed E-state index contributed by atoms with van der Waals surface area (Å²) in [5.74, 6) is -9.70. The van der Waals surface area contributed by atoms with E-state index in [0.29, 0.717) is 17.5 Å². The highest BCUT2D eigenvalue weighted by Crippen LogP contribution is 2.19. The van der Waals surface area contributed by atoms with Crippen LogP contribution in [-0.2, 0) is 60.8 Å². The van der Waals surface area contributed by atoms with E-state index in [4.69, 9.17) is 11.5 Å². The van der Waals surface area contributed by atoms with Crippen LogP contribution in [0, 0.1) is 5.92 Å². The van der Waals surface area contributed by atoms with E-state index in [1.165, 1.54) is 24.3 Å². The van der Waals surface area contributed by atoms with Gasteiger partial charge in [-0.1, -0.05) is 50.6 Å². The molecule has 1 fully saturated rings. The third-order valence-corrected chi connectivity index (χ3v) is 11.2. The fourth-order valence-corrected chi connectivity index (χ4v) is 7.18. The maximum absolute atomic E-state index is 13.9. The summed E-state index contributed by atoms with van der Waals surface area (Å²) >= 11 is 0. The molecule has 4 rings (SSSR count). The summed E-state index contributed by atoms with van der Waals surface area (Å²) in [6, 6.07) is 2.43. The molecule has 1 aromatic heterocycles. The van der Waals surface area contributed by atoms with Crippen LogP contribution in [-0.4, -0.2) is 141 Å². The van der Waals surface area contributed by atoms with Crippen molar-refractivity contribution >= 4 is 70.0 Å². The van der Waals surface area contributed by atoms with Crippen molar-refractivity contribution in [3.63, 3.8) is 0 Å². The lowest BCUT2D eigenvalue weighted by atomic mass is 9.97. The van der Waals surface area contributed by atoms with Gasteiger partial charge in [-0.05, 0) is 48.6 Å². The Morgan fingerprint density at radius 2 is 1.38 bits per heavy atom. The Labute approximate surface area is 389 Å². The lowest BCUT2D eigenvalue weighted by Crippen LogP contribution is -2.62. The number of hydrogen-bond donors (Lipinski definition) is 14. The van der Waals surface area contributed by atoms with E-state index >= 15 is 0 Å². The molecule has 0 unspecified atom stereocenters. The van der Waals surface area contributed by atoms with Crippen molar-refractivity contribution in [3.05, 3.63) is 65.9 Å². The largest absolute Gasteiger partial charge is 0.508 e. The van der Waals surface area contributed by atoms with Crippen LogP contribution in [0.4, 0.5) is 0 Å². The second-order valence-corrected chi connectivity index (χ2v) is 16.5. The van der Waals surface area contributed by atoms with Gasteiger partial charge >= 0.3 is 0 Å². The predicted molar refractivity (Wildman–Crippen MR) is 241 cm³/mol. The van der Waals surface area contributed by atoms with E-state index in [-0.39, 0.29) is 37.3 Å². The zero-order chi connectivity index (χ0) is 50.2. The van der Waals surface area contributed by atoms with Gasteiger partial charge in [0.25, 0.3) is 0 Å². The number of phenolic OH excluding ortho intramolecular Hbond substituents is 1. The number of benzene rings is 2. The molecule has 368 valence electrons. The van der Waals surface area contributed by atoms with E-state index in [1.807, 2.05) is 18.2 Å². The smallest absolute Gasteiger partial charge is 0.245 e. The summed E-state index contributed by atoms with van der Waals surface area (Å²) in [7, 11) is 0. The maximum Gasteiger partial charge on any atom is 0.245 e. The molecule has 2 heterocycles. The number of nitrogens with one attached hydrogen (secondary N) is 9. The summed E-state index contributed by atoms with van der Waals surface area (Å²) in [5, 5.41) is 50.4. The Hall–Kier alpha value is -7.60. The van der Waals surface area contributed by atoms with Crippen LogP contribution in [0.25, 0.3) is 10.9 Å². The third-order valence-electron chi connectivity index (χ3n) is 11.2. The highest BCUT2D eigenvalue weighted by atomic mass is 16.3. The van der Waals surface area contributed by atoms with Crippen LogP contribution in [0.5, 0.6) is 5.75 Å². The first kappa shape index (κ1) is 53.0. The number of amides is 10. The molecule has 2 aromatic carbocycles. The molecule has 0 bridgehead atoms. The summed E-state index contributed by atoms with van der Waals surface area (Å²) in [4.78, 5) is 133. The number of aliphatic hydroxyl groups excluding tert-OH is 2. The molecule has 10 amide bonds. The molecule has 0 spiro atoms. The van der Waals surface area contributed by atoms with Crippen LogP contribution >= 0.6 is 0 Å². The van der Waals surface area contributed by atoms with Crippen LogP contribution < -0.4 is 54.0 Å². The normalized spacial score (nSPS) is 16.8. The van der Waals surface area contributed by atoms with Gasteiger partial charge in [0.2, 0.25) is 59.1 Å². The van der Waals surface area contributed by atoms with Crippen molar-refractivity contribution in [3.8, 4) is 5.75 Å². The second kappa shape index (κ2) is 24.8. The molecule has 68 heavy (non-hydrogen) atoms. The number of nitrogens with two attached hydrogens (primary N) is 2. The fourth-order valence-electron chi connectivity index (χ4n) is 7.18. The number of para-hydroxylation sites is 1. The number of carbonyl (C=O) groups is 10. The average molecular weight is 950 g/mol. The number of fused-ring (bicyclic) bond motifs is 1. The van der Waals surface area contributed by atoms with Gasteiger partial charge in [0.05, 0.1) is 25.7 Å². The Balaban J connectivity index is 1.44. The number of aromatic nitrogens is 1. The molecule has 1 aliphatic rings. The predicted octanol–water partition coefficient (Wildman–Crippen LogP) is -4.26. The number of hydrogen-bond acceptors (Lipinski definition) is 13. The van der Waals surface area contributed by atoms with Crippen molar-refractivity contribution < 1.29 is 63.3 Å². The minimum absolute atomic E-state index is 0.0213. The van der Waals surface area contributed by atoms with E-state index in [2.05, 4.69) is 47.5 Å². The lowest BCUT2D eigenvalue weighted by molar-refractivity contribution is -0.137. The van der Waals surface area contributed by atoms with Gasteiger partial charge in [-0.25, -0.2) is 0 Å². The topological polar surface area (TPSA) is 395 Å². The number of carbonyl (C=O) groups excluding carboxylic acids is 10. The molecule has 1 aliphatic heterocycles. The summed E-state index contributed by atoms with van der Waals surface area (Å²) in [6.07, 6.45) is -0.328. The van der Waals surface area contributed by atoms with Crippen molar-refractivity contribution in [2.75, 3.05) is 13.2 Å². The van der Waals surface area contributed by atoms with E-state index in [0.717, 1.165) is 17.8 Å². The van der Waals surface area contributed by atoms with E-state index in [1.54, 1.807) is 26.1 Å². The Morgan fingerprint density at radius 3 is 1.99 bits per heavy atom. The number of H-pyrrole nitrogens is 1. The number of aromatic hydroxyl groups is 1. The quantitative estimate of drug-likeness (QED) is 0.0383. The van der Waals surface area contributed by atoms with E-state index < -0.39 is 127 Å². The molecule has 9 atom stereocenters. The highest BCUT2D eigenvalue weighted by Gasteiger charge is 2.37. The molecule has 16 N–H and O–H groups in total. The first-order valence-corrected chi connectivity index (χ1v) is 21.8. The first-order chi connectivity index (χ1) is 32.2. The van der Waals surface area contributed by atoms with Crippen molar-refractivity contribution in [1.82, 2.24) is 47.5 Å². The summed E-state index contributed by atoms with van der Waals surface area (Å²) in [6.45, 7) is 2.73. The Kier molecular flexibility index (Phi) is 19.3. The molecule has 3 aromatic rings. The Bertz CT molecular complexity index is 2340. The van der Waals surface area contributed by atoms with Gasteiger partial charge in [0, 0.05) is 36.4 Å². The van der Waals surface area contributed by atoms with Gasteiger partial charge < -0.3 is 74.3 Å². The Morgan fingerprint density at radius 1 is 0.750 bits per heavy atom. The molecule has 0 radical (unpaired) electrons. The summed E-state index contributed by atoms with van der Waals surface area (Å²) in [5.41, 5.74) is 12.8.